The lowest BCUT2D eigenvalue weighted by atomic mass is 10.2. The first-order chi connectivity index (χ1) is 13.4. The molecule has 144 valence electrons. The SMILES string of the molecule is CCc1cc(=O)n(CC(=O)Nc2ccc(C)cc2Br)c(-c2cccc(Cl)c2)n1. The minimum Gasteiger partial charge on any atom is -0.324 e. The predicted octanol–water partition coefficient (Wildman–Crippen LogP) is 4.84. The van der Waals surface area contributed by atoms with Crippen molar-refractivity contribution in [1.29, 1.82) is 0 Å². The Morgan fingerprint density at radius 1 is 1.21 bits per heavy atom. The highest BCUT2D eigenvalue weighted by Crippen LogP contribution is 2.24. The number of amides is 1. The fourth-order valence-corrected chi connectivity index (χ4v) is 3.57. The third-order valence-corrected chi connectivity index (χ3v) is 5.10. The van der Waals surface area contributed by atoms with Gasteiger partial charge in [0.05, 0.1) is 5.69 Å². The van der Waals surface area contributed by atoms with E-state index in [1.54, 1.807) is 18.2 Å². The van der Waals surface area contributed by atoms with Gasteiger partial charge in [-0.05, 0) is 59.1 Å². The Kier molecular flexibility index (Phi) is 6.31. The maximum absolute atomic E-state index is 12.7. The zero-order valence-corrected chi connectivity index (χ0v) is 17.8. The van der Waals surface area contributed by atoms with Crippen molar-refractivity contribution >= 4 is 39.1 Å². The van der Waals surface area contributed by atoms with Gasteiger partial charge in [0.15, 0.2) is 0 Å². The van der Waals surface area contributed by atoms with Crippen LogP contribution in [-0.4, -0.2) is 15.5 Å². The van der Waals surface area contributed by atoms with E-state index in [0.717, 1.165) is 10.0 Å². The van der Waals surface area contributed by atoms with E-state index in [-0.39, 0.29) is 18.0 Å². The summed E-state index contributed by atoms with van der Waals surface area (Å²) in [6.07, 6.45) is 0.617. The van der Waals surface area contributed by atoms with Gasteiger partial charge < -0.3 is 5.32 Å². The van der Waals surface area contributed by atoms with Crippen molar-refractivity contribution in [3.8, 4) is 11.4 Å². The first-order valence-corrected chi connectivity index (χ1v) is 9.97. The minimum absolute atomic E-state index is 0.155. The molecule has 0 bridgehead atoms. The molecule has 28 heavy (non-hydrogen) atoms. The van der Waals surface area contributed by atoms with Crippen LogP contribution in [0.25, 0.3) is 11.4 Å². The lowest BCUT2D eigenvalue weighted by molar-refractivity contribution is -0.116. The van der Waals surface area contributed by atoms with Crippen molar-refractivity contribution in [2.75, 3.05) is 5.32 Å². The summed E-state index contributed by atoms with van der Waals surface area (Å²) in [4.78, 5) is 29.9. The summed E-state index contributed by atoms with van der Waals surface area (Å²) in [5, 5.41) is 3.37. The minimum atomic E-state index is -0.319. The normalized spacial score (nSPS) is 10.7. The molecule has 0 aliphatic rings. The number of hydrogen-bond donors (Lipinski definition) is 1. The number of hydrogen-bond acceptors (Lipinski definition) is 3. The Morgan fingerprint density at radius 2 is 2.00 bits per heavy atom. The molecule has 0 atom stereocenters. The van der Waals surface area contributed by atoms with E-state index in [9.17, 15) is 9.59 Å². The molecular formula is C21H19BrClN3O2. The lowest BCUT2D eigenvalue weighted by Crippen LogP contribution is -2.30. The Hall–Kier alpha value is -2.44. The van der Waals surface area contributed by atoms with Crippen LogP contribution >= 0.6 is 27.5 Å². The van der Waals surface area contributed by atoms with E-state index in [4.69, 9.17) is 11.6 Å². The lowest BCUT2D eigenvalue weighted by Gasteiger charge is -2.14. The van der Waals surface area contributed by atoms with Crippen LogP contribution < -0.4 is 10.9 Å². The molecule has 0 saturated heterocycles. The maximum Gasteiger partial charge on any atom is 0.254 e. The molecule has 0 saturated carbocycles. The van der Waals surface area contributed by atoms with E-state index < -0.39 is 0 Å². The molecule has 3 rings (SSSR count). The number of rotatable bonds is 5. The number of benzene rings is 2. The van der Waals surface area contributed by atoms with Crippen LogP contribution in [0.5, 0.6) is 0 Å². The summed E-state index contributed by atoms with van der Waals surface area (Å²) < 4.78 is 2.14. The van der Waals surface area contributed by atoms with Gasteiger partial charge in [0.1, 0.15) is 12.4 Å². The Balaban J connectivity index is 1.96. The molecule has 0 spiro atoms. The standard InChI is InChI=1S/C21H19BrClN3O2/c1-3-16-11-20(28)26(21(24-16)14-5-4-6-15(23)10-14)12-19(27)25-18-8-7-13(2)9-17(18)22/h4-11H,3,12H2,1-2H3,(H,25,27). The van der Waals surface area contributed by atoms with Crippen LogP contribution in [0.3, 0.4) is 0 Å². The second kappa shape index (κ2) is 8.71. The van der Waals surface area contributed by atoms with Crippen LogP contribution in [0.4, 0.5) is 5.69 Å². The monoisotopic (exact) mass is 459 g/mol. The van der Waals surface area contributed by atoms with Crippen LogP contribution in [-0.2, 0) is 17.8 Å². The molecule has 0 radical (unpaired) electrons. The summed E-state index contributed by atoms with van der Waals surface area (Å²) in [7, 11) is 0. The van der Waals surface area contributed by atoms with Gasteiger partial charge in [-0.1, -0.05) is 36.7 Å². The number of aryl methyl sites for hydroxylation is 2. The number of anilines is 1. The van der Waals surface area contributed by atoms with E-state index in [0.29, 0.717) is 34.2 Å². The zero-order chi connectivity index (χ0) is 20.3. The Morgan fingerprint density at radius 3 is 2.68 bits per heavy atom. The fourth-order valence-electron chi connectivity index (χ4n) is 2.79. The van der Waals surface area contributed by atoms with Gasteiger partial charge in [0.2, 0.25) is 5.91 Å². The molecule has 5 nitrogen and oxygen atoms in total. The van der Waals surface area contributed by atoms with Gasteiger partial charge in [-0.15, -0.1) is 0 Å². The first-order valence-electron chi connectivity index (χ1n) is 8.80. The summed E-state index contributed by atoms with van der Waals surface area (Å²) in [5.41, 5.74) is 2.79. The highest BCUT2D eigenvalue weighted by Gasteiger charge is 2.15. The van der Waals surface area contributed by atoms with Gasteiger partial charge in [-0.25, -0.2) is 4.98 Å². The van der Waals surface area contributed by atoms with Crippen LogP contribution in [0.2, 0.25) is 5.02 Å². The van der Waals surface area contributed by atoms with Gasteiger partial charge in [-0.2, -0.15) is 0 Å². The van der Waals surface area contributed by atoms with Gasteiger partial charge in [0.25, 0.3) is 5.56 Å². The molecule has 2 aromatic carbocycles. The molecule has 1 N–H and O–H groups in total. The van der Waals surface area contributed by atoms with E-state index in [2.05, 4.69) is 26.2 Å². The van der Waals surface area contributed by atoms with Crippen molar-refractivity contribution in [1.82, 2.24) is 9.55 Å². The van der Waals surface area contributed by atoms with E-state index in [1.165, 1.54) is 10.6 Å². The van der Waals surface area contributed by atoms with Gasteiger partial charge in [0, 0.05) is 26.8 Å². The number of nitrogens with zero attached hydrogens (tertiary/aromatic N) is 2. The van der Waals surface area contributed by atoms with Gasteiger partial charge >= 0.3 is 0 Å². The average Bonchev–Trinajstić information content (AvgIpc) is 2.65. The molecule has 0 fully saturated rings. The smallest absolute Gasteiger partial charge is 0.254 e. The zero-order valence-electron chi connectivity index (χ0n) is 15.5. The second-order valence-electron chi connectivity index (χ2n) is 6.39. The third kappa shape index (κ3) is 4.69. The maximum atomic E-state index is 12.7. The number of nitrogens with one attached hydrogen (secondary N) is 1. The summed E-state index contributed by atoms with van der Waals surface area (Å²) in [6.45, 7) is 3.74. The topological polar surface area (TPSA) is 64.0 Å². The van der Waals surface area contributed by atoms with Crippen LogP contribution in [0, 0.1) is 6.92 Å². The molecule has 0 aliphatic carbocycles. The number of halogens is 2. The quantitative estimate of drug-likeness (QED) is 0.593. The van der Waals surface area contributed by atoms with Crippen molar-refractivity contribution in [3.63, 3.8) is 0 Å². The molecule has 7 heteroatoms. The fraction of sp³-hybridized carbons (Fsp3) is 0.190. The molecule has 0 unspecified atom stereocenters. The molecular weight excluding hydrogens is 442 g/mol. The number of carbonyl (C=O) groups excluding carboxylic acids is 1. The highest BCUT2D eigenvalue weighted by atomic mass is 79.9. The molecule has 3 aromatic rings. The molecule has 0 aliphatic heterocycles. The van der Waals surface area contributed by atoms with Crippen molar-refractivity contribution in [2.45, 2.75) is 26.8 Å². The van der Waals surface area contributed by atoms with Crippen LogP contribution in [0.15, 0.2) is 57.8 Å². The molecule has 1 heterocycles. The number of aromatic nitrogens is 2. The van der Waals surface area contributed by atoms with E-state index >= 15 is 0 Å². The van der Waals surface area contributed by atoms with E-state index in [1.807, 2.05) is 38.1 Å². The largest absolute Gasteiger partial charge is 0.324 e. The Bertz CT molecular complexity index is 1100. The molecule has 1 aromatic heterocycles. The average molecular weight is 461 g/mol. The predicted molar refractivity (Wildman–Crippen MR) is 116 cm³/mol. The summed E-state index contributed by atoms with van der Waals surface area (Å²) in [5.74, 6) is 0.103. The summed E-state index contributed by atoms with van der Waals surface area (Å²) in [6, 6.07) is 14.2. The second-order valence-corrected chi connectivity index (χ2v) is 7.68. The molecule has 1 amide bonds. The Labute approximate surface area is 176 Å². The number of carbonyl (C=O) groups is 1. The van der Waals surface area contributed by atoms with Crippen molar-refractivity contribution in [3.05, 3.63) is 79.6 Å². The first kappa shape index (κ1) is 20.3. The summed E-state index contributed by atoms with van der Waals surface area (Å²) >= 11 is 9.55. The van der Waals surface area contributed by atoms with Crippen molar-refractivity contribution < 1.29 is 4.79 Å². The third-order valence-electron chi connectivity index (χ3n) is 4.21. The highest BCUT2D eigenvalue weighted by molar-refractivity contribution is 9.10. The van der Waals surface area contributed by atoms with Crippen LogP contribution in [0.1, 0.15) is 18.2 Å². The van der Waals surface area contributed by atoms with Crippen molar-refractivity contribution in [2.24, 2.45) is 0 Å². The van der Waals surface area contributed by atoms with Gasteiger partial charge in [-0.3, -0.25) is 14.2 Å².